The van der Waals surface area contributed by atoms with E-state index >= 15 is 0 Å². The molecule has 0 unspecified atom stereocenters. The van der Waals surface area contributed by atoms with E-state index < -0.39 is 0 Å². The van der Waals surface area contributed by atoms with Crippen molar-refractivity contribution >= 4 is 22.1 Å². The molecule has 84 valence electrons. The van der Waals surface area contributed by atoms with Gasteiger partial charge in [0.2, 0.25) is 0 Å². The molecule has 0 amide bonds. The average Bonchev–Trinajstić information content (AvgIpc) is 2.25. The van der Waals surface area contributed by atoms with Gasteiger partial charge in [-0.3, -0.25) is 0 Å². The van der Waals surface area contributed by atoms with Crippen molar-refractivity contribution in [1.29, 1.82) is 0 Å². The minimum Gasteiger partial charge on any atom is -0.399 e. The molecule has 0 radical (unpaired) electrons. The van der Waals surface area contributed by atoms with Crippen LogP contribution in [-0.4, -0.2) is 0 Å². The van der Waals surface area contributed by atoms with Crippen LogP contribution in [0.1, 0.15) is 25.3 Å². The van der Waals surface area contributed by atoms with E-state index in [9.17, 15) is 0 Å². The molecule has 0 saturated heterocycles. The number of rotatable bonds is 3. The highest BCUT2D eigenvalue weighted by molar-refractivity contribution is 5.95. The molecule has 0 saturated carbocycles. The molecule has 0 heterocycles. The molecule has 2 heteroatoms. The molecule has 4 N–H and O–H groups in total. The summed E-state index contributed by atoms with van der Waals surface area (Å²) in [5, 5.41) is 2.24. The fraction of sp³-hybridized carbons (Fsp3) is 0.286. The number of hydrogen-bond donors (Lipinski definition) is 2. The average molecular weight is 214 g/mol. The molecule has 0 aliphatic carbocycles. The third-order valence-electron chi connectivity index (χ3n) is 2.89. The van der Waals surface area contributed by atoms with E-state index in [1.807, 2.05) is 12.1 Å². The van der Waals surface area contributed by atoms with Crippen LogP contribution in [0.25, 0.3) is 10.8 Å². The lowest BCUT2D eigenvalue weighted by Crippen LogP contribution is -1.92. The summed E-state index contributed by atoms with van der Waals surface area (Å²) in [6, 6.07) is 10.2. The van der Waals surface area contributed by atoms with Gasteiger partial charge in [-0.15, -0.1) is 0 Å². The molecule has 2 aromatic carbocycles. The van der Waals surface area contributed by atoms with Crippen LogP contribution in [0.2, 0.25) is 0 Å². The lowest BCUT2D eigenvalue weighted by Gasteiger charge is -2.06. The van der Waals surface area contributed by atoms with Crippen molar-refractivity contribution in [3.05, 3.63) is 35.9 Å². The topological polar surface area (TPSA) is 52.0 Å². The molecule has 16 heavy (non-hydrogen) atoms. The van der Waals surface area contributed by atoms with Crippen LogP contribution in [0.5, 0.6) is 0 Å². The minimum absolute atomic E-state index is 0.734. The number of nitrogen functional groups attached to an aromatic ring is 2. The summed E-state index contributed by atoms with van der Waals surface area (Å²) >= 11 is 0. The van der Waals surface area contributed by atoms with Crippen molar-refractivity contribution < 1.29 is 0 Å². The minimum atomic E-state index is 0.734. The van der Waals surface area contributed by atoms with E-state index in [0.29, 0.717) is 0 Å². The molecule has 0 aliphatic heterocycles. The van der Waals surface area contributed by atoms with Crippen molar-refractivity contribution in [2.75, 3.05) is 11.5 Å². The summed E-state index contributed by atoms with van der Waals surface area (Å²) in [6.45, 7) is 2.21. The zero-order chi connectivity index (χ0) is 11.5. The highest BCUT2D eigenvalue weighted by Gasteiger charge is 2.01. The summed E-state index contributed by atoms with van der Waals surface area (Å²) in [6.07, 6.45) is 3.57. The van der Waals surface area contributed by atoms with Gasteiger partial charge in [-0.25, -0.2) is 0 Å². The van der Waals surface area contributed by atoms with Gasteiger partial charge in [-0.1, -0.05) is 31.5 Å². The Balaban J connectivity index is 2.45. The molecule has 2 aromatic rings. The maximum Gasteiger partial charge on any atom is 0.0414 e. The first-order valence-corrected chi connectivity index (χ1v) is 5.78. The monoisotopic (exact) mass is 214 g/mol. The van der Waals surface area contributed by atoms with Gasteiger partial charge in [-0.2, -0.15) is 0 Å². The Hall–Kier alpha value is -1.70. The van der Waals surface area contributed by atoms with Crippen LogP contribution in [-0.2, 0) is 6.42 Å². The number of benzene rings is 2. The Morgan fingerprint density at radius 1 is 1.06 bits per heavy atom. The van der Waals surface area contributed by atoms with Gasteiger partial charge in [0, 0.05) is 16.8 Å². The summed E-state index contributed by atoms with van der Waals surface area (Å²) in [7, 11) is 0. The van der Waals surface area contributed by atoms with E-state index in [4.69, 9.17) is 11.5 Å². The normalized spacial score (nSPS) is 10.8. The number of fused-ring (bicyclic) bond motifs is 1. The molecule has 0 aromatic heterocycles. The highest BCUT2D eigenvalue weighted by atomic mass is 14.6. The zero-order valence-electron chi connectivity index (χ0n) is 9.66. The molecule has 0 spiro atoms. The highest BCUT2D eigenvalue weighted by Crippen LogP contribution is 2.25. The summed E-state index contributed by atoms with van der Waals surface area (Å²) in [5.74, 6) is 0. The third-order valence-corrected chi connectivity index (χ3v) is 2.89. The van der Waals surface area contributed by atoms with Gasteiger partial charge in [0.05, 0.1) is 0 Å². The van der Waals surface area contributed by atoms with Crippen molar-refractivity contribution in [2.45, 2.75) is 26.2 Å². The van der Waals surface area contributed by atoms with Crippen LogP contribution < -0.4 is 11.5 Å². The smallest absolute Gasteiger partial charge is 0.0414 e. The second-order valence-electron chi connectivity index (χ2n) is 4.27. The van der Waals surface area contributed by atoms with E-state index in [-0.39, 0.29) is 0 Å². The lowest BCUT2D eigenvalue weighted by molar-refractivity contribution is 0.796. The van der Waals surface area contributed by atoms with Gasteiger partial charge in [0.1, 0.15) is 0 Å². The van der Waals surface area contributed by atoms with Crippen LogP contribution in [0, 0.1) is 0 Å². The van der Waals surface area contributed by atoms with Gasteiger partial charge < -0.3 is 11.5 Å². The SMILES string of the molecule is CCCCc1ccc2c(N)cc(N)cc2c1. The first-order valence-electron chi connectivity index (χ1n) is 5.78. The van der Waals surface area contributed by atoms with E-state index in [0.717, 1.165) is 28.6 Å². The number of hydrogen-bond acceptors (Lipinski definition) is 2. The molecule has 2 nitrogen and oxygen atoms in total. The molecular weight excluding hydrogens is 196 g/mol. The molecule has 0 fully saturated rings. The number of anilines is 2. The summed E-state index contributed by atoms with van der Waals surface area (Å²) in [4.78, 5) is 0. The summed E-state index contributed by atoms with van der Waals surface area (Å²) < 4.78 is 0. The maximum absolute atomic E-state index is 5.93. The predicted octanol–water partition coefficient (Wildman–Crippen LogP) is 3.35. The Morgan fingerprint density at radius 2 is 1.88 bits per heavy atom. The molecule has 0 atom stereocenters. The van der Waals surface area contributed by atoms with Crippen LogP contribution >= 0.6 is 0 Å². The second-order valence-corrected chi connectivity index (χ2v) is 4.27. The van der Waals surface area contributed by atoms with Crippen LogP contribution in [0.4, 0.5) is 11.4 Å². The van der Waals surface area contributed by atoms with Crippen molar-refractivity contribution in [3.63, 3.8) is 0 Å². The Morgan fingerprint density at radius 3 is 2.62 bits per heavy atom. The third kappa shape index (κ3) is 2.11. The van der Waals surface area contributed by atoms with Crippen LogP contribution in [0.15, 0.2) is 30.3 Å². The Bertz CT molecular complexity index is 503. The van der Waals surface area contributed by atoms with Crippen molar-refractivity contribution in [3.8, 4) is 0 Å². The fourth-order valence-electron chi connectivity index (χ4n) is 2.01. The van der Waals surface area contributed by atoms with E-state index in [1.165, 1.54) is 18.4 Å². The molecule has 0 bridgehead atoms. The van der Waals surface area contributed by atoms with Gasteiger partial charge in [0.25, 0.3) is 0 Å². The number of unbranched alkanes of at least 4 members (excludes halogenated alkanes) is 1. The largest absolute Gasteiger partial charge is 0.399 e. The molecule has 0 aliphatic rings. The molecule has 2 rings (SSSR count). The molecular formula is C14H18N2. The summed E-state index contributed by atoms with van der Waals surface area (Å²) in [5.41, 5.74) is 14.6. The van der Waals surface area contributed by atoms with E-state index in [2.05, 4.69) is 25.1 Å². The predicted molar refractivity (Wildman–Crippen MR) is 71.4 cm³/mol. The first-order chi connectivity index (χ1) is 7.70. The quantitative estimate of drug-likeness (QED) is 0.770. The van der Waals surface area contributed by atoms with E-state index in [1.54, 1.807) is 0 Å². The number of aryl methyl sites for hydroxylation is 1. The van der Waals surface area contributed by atoms with Gasteiger partial charge in [0.15, 0.2) is 0 Å². The van der Waals surface area contributed by atoms with Crippen molar-refractivity contribution in [1.82, 2.24) is 0 Å². The first kappa shape index (κ1) is 10.8. The van der Waals surface area contributed by atoms with Crippen LogP contribution in [0.3, 0.4) is 0 Å². The van der Waals surface area contributed by atoms with Gasteiger partial charge >= 0.3 is 0 Å². The Labute approximate surface area is 96.3 Å². The Kier molecular flexibility index (Phi) is 3.00. The standard InChI is InChI=1S/C14H18N2/c1-2-3-4-10-5-6-13-11(7-10)8-12(15)9-14(13)16/h5-9H,2-4,15-16H2,1H3. The lowest BCUT2D eigenvalue weighted by atomic mass is 10.0. The fourth-order valence-corrected chi connectivity index (χ4v) is 2.01. The maximum atomic E-state index is 5.93. The zero-order valence-corrected chi connectivity index (χ0v) is 9.66. The number of nitrogens with two attached hydrogens (primary N) is 2. The second kappa shape index (κ2) is 4.44. The van der Waals surface area contributed by atoms with Crippen molar-refractivity contribution in [2.24, 2.45) is 0 Å². The van der Waals surface area contributed by atoms with Gasteiger partial charge in [-0.05, 0) is 35.9 Å².